The van der Waals surface area contributed by atoms with Crippen molar-refractivity contribution < 1.29 is 15.0 Å². The zero-order chi connectivity index (χ0) is 56.9. The van der Waals surface area contributed by atoms with Gasteiger partial charge in [0, 0.05) is 6.42 Å². The van der Waals surface area contributed by atoms with Crippen molar-refractivity contribution in [2.24, 2.45) is 0 Å². The van der Waals surface area contributed by atoms with Crippen LogP contribution in [0.2, 0.25) is 0 Å². The molecule has 470 valence electrons. The SMILES string of the molecule is CCCCCCCCCCCCCCCCCCCCCCCCCCCC/C=C/CC/C=C/C(O)C(CO)NC(=O)CCCCCCCCCCCCCCCCCCCCCCCCCCCCCCCCCCCCC. The van der Waals surface area contributed by atoms with E-state index in [1.54, 1.807) is 6.08 Å². The Hall–Kier alpha value is -1.13. The molecule has 0 fully saturated rings. The highest BCUT2D eigenvalue weighted by atomic mass is 16.3. The van der Waals surface area contributed by atoms with Gasteiger partial charge in [0.1, 0.15) is 0 Å². The van der Waals surface area contributed by atoms with Crippen molar-refractivity contribution in [3.05, 3.63) is 24.3 Å². The van der Waals surface area contributed by atoms with Crippen LogP contribution in [0.5, 0.6) is 0 Å². The average molecular weight is 1110 g/mol. The fourth-order valence-electron chi connectivity index (χ4n) is 12.1. The fraction of sp³-hybridized carbons (Fsp3) is 0.933. The third-order valence-electron chi connectivity index (χ3n) is 17.7. The molecule has 4 nitrogen and oxygen atoms in total. The molecule has 4 heteroatoms. The van der Waals surface area contributed by atoms with Crippen LogP contribution in [0.3, 0.4) is 0 Å². The lowest BCUT2D eigenvalue weighted by Gasteiger charge is -2.19. The Bertz CT molecular complexity index is 1170. The maximum atomic E-state index is 12.5. The second-order valence-corrected chi connectivity index (χ2v) is 25.7. The smallest absolute Gasteiger partial charge is 0.220 e. The van der Waals surface area contributed by atoms with Gasteiger partial charge in [-0.2, -0.15) is 0 Å². The van der Waals surface area contributed by atoms with Crippen molar-refractivity contribution in [3.8, 4) is 0 Å². The molecule has 0 aromatic heterocycles. The van der Waals surface area contributed by atoms with Gasteiger partial charge < -0.3 is 15.5 Å². The van der Waals surface area contributed by atoms with E-state index in [4.69, 9.17) is 0 Å². The minimum atomic E-state index is -0.862. The first-order valence-corrected chi connectivity index (χ1v) is 37.1. The van der Waals surface area contributed by atoms with Gasteiger partial charge in [-0.25, -0.2) is 0 Å². The first-order valence-electron chi connectivity index (χ1n) is 37.1. The predicted octanol–water partition coefficient (Wildman–Crippen LogP) is 25.3. The van der Waals surface area contributed by atoms with Crippen LogP contribution in [-0.4, -0.2) is 34.9 Å². The van der Waals surface area contributed by atoms with E-state index in [1.165, 1.54) is 379 Å². The molecule has 0 bridgehead atoms. The molecule has 0 spiro atoms. The van der Waals surface area contributed by atoms with E-state index >= 15 is 0 Å². The molecule has 2 unspecified atom stereocenters. The number of nitrogens with one attached hydrogen (secondary N) is 1. The second-order valence-electron chi connectivity index (χ2n) is 25.7. The van der Waals surface area contributed by atoms with Crippen LogP contribution < -0.4 is 5.32 Å². The summed E-state index contributed by atoms with van der Waals surface area (Å²) in [5.41, 5.74) is 0. The Morgan fingerprint density at radius 2 is 0.494 bits per heavy atom. The normalized spacial score (nSPS) is 12.7. The molecule has 0 aromatic carbocycles. The summed E-state index contributed by atoms with van der Waals surface area (Å²) in [6, 6.07) is -0.638. The first kappa shape index (κ1) is 77.9. The van der Waals surface area contributed by atoms with Crippen molar-refractivity contribution in [1.29, 1.82) is 0 Å². The molecule has 0 saturated heterocycles. The number of amides is 1. The van der Waals surface area contributed by atoms with Gasteiger partial charge in [0.25, 0.3) is 0 Å². The first-order chi connectivity index (χ1) is 39.2. The molecule has 0 aliphatic carbocycles. The standard InChI is InChI=1S/C75H147NO3/c1-3-5-7-9-11-13-15-17-19-21-23-25-27-29-31-33-35-37-38-39-41-43-45-47-49-51-53-55-57-59-61-63-65-67-69-71-75(79)76-73(72-77)74(78)70-68-66-64-62-60-58-56-54-52-50-48-46-44-42-40-36-34-32-30-28-26-24-22-20-18-16-14-12-10-8-6-4-2/h60,62,68,70,73-74,77-78H,3-59,61,63-67,69,71-72H2,1-2H3,(H,76,79)/b62-60+,70-68+. The second kappa shape index (κ2) is 71.1. The monoisotopic (exact) mass is 1110 g/mol. The highest BCUT2D eigenvalue weighted by molar-refractivity contribution is 5.76. The molecule has 79 heavy (non-hydrogen) atoms. The molecule has 3 N–H and O–H groups in total. The van der Waals surface area contributed by atoms with Crippen molar-refractivity contribution in [3.63, 3.8) is 0 Å². The van der Waals surface area contributed by atoms with Gasteiger partial charge in [-0.15, -0.1) is 0 Å². The molecule has 0 saturated carbocycles. The van der Waals surface area contributed by atoms with Gasteiger partial charge in [0.2, 0.25) is 5.91 Å². The Labute approximate surface area is 498 Å². The van der Waals surface area contributed by atoms with Gasteiger partial charge in [-0.05, 0) is 32.1 Å². The zero-order valence-electron chi connectivity index (χ0n) is 54.4. The molecule has 0 aliphatic rings. The lowest BCUT2D eigenvalue weighted by atomic mass is 10.0. The lowest BCUT2D eigenvalue weighted by Crippen LogP contribution is -2.45. The third kappa shape index (κ3) is 67.5. The summed E-state index contributed by atoms with van der Waals surface area (Å²) in [7, 11) is 0. The molecule has 0 aromatic rings. The van der Waals surface area contributed by atoms with Gasteiger partial charge in [-0.1, -0.05) is 417 Å². The maximum absolute atomic E-state index is 12.5. The number of unbranched alkanes of at least 4 members (excludes halogenated alkanes) is 61. The van der Waals surface area contributed by atoms with E-state index in [9.17, 15) is 15.0 Å². The van der Waals surface area contributed by atoms with Gasteiger partial charge >= 0.3 is 0 Å². The summed E-state index contributed by atoms with van der Waals surface area (Å²) in [6.45, 7) is 4.36. The van der Waals surface area contributed by atoms with Crippen LogP contribution >= 0.6 is 0 Å². The molecule has 2 atom stereocenters. The molecule has 0 rings (SSSR count). The summed E-state index contributed by atoms with van der Waals surface area (Å²) in [5, 5.41) is 23.3. The molecule has 0 aliphatic heterocycles. The Morgan fingerprint density at radius 1 is 0.291 bits per heavy atom. The molecule has 0 radical (unpaired) electrons. The minimum absolute atomic E-state index is 0.0634. The van der Waals surface area contributed by atoms with Crippen molar-refractivity contribution in [2.75, 3.05) is 6.61 Å². The third-order valence-corrected chi connectivity index (χ3v) is 17.7. The summed E-state index contributed by atoms with van der Waals surface area (Å²) < 4.78 is 0. The van der Waals surface area contributed by atoms with Crippen LogP contribution in [0, 0.1) is 0 Å². The lowest BCUT2D eigenvalue weighted by molar-refractivity contribution is -0.123. The van der Waals surface area contributed by atoms with E-state index in [0.717, 1.165) is 32.1 Å². The van der Waals surface area contributed by atoms with Crippen LogP contribution in [0.25, 0.3) is 0 Å². The molecule has 0 heterocycles. The summed E-state index contributed by atoms with van der Waals surface area (Å²) in [5.74, 6) is -0.0634. The predicted molar refractivity (Wildman–Crippen MR) is 355 cm³/mol. The van der Waals surface area contributed by atoms with Crippen molar-refractivity contribution in [1.82, 2.24) is 5.32 Å². The zero-order valence-corrected chi connectivity index (χ0v) is 54.4. The molecular formula is C75H147NO3. The molecule has 1 amide bonds. The van der Waals surface area contributed by atoms with Gasteiger partial charge in [-0.3, -0.25) is 4.79 Å². The van der Waals surface area contributed by atoms with E-state index < -0.39 is 12.1 Å². The highest BCUT2D eigenvalue weighted by Crippen LogP contribution is 2.20. The van der Waals surface area contributed by atoms with Crippen LogP contribution in [-0.2, 0) is 4.79 Å². The Kier molecular flexibility index (Phi) is 70.1. The van der Waals surface area contributed by atoms with E-state index in [1.807, 2.05) is 6.08 Å². The van der Waals surface area contributed by atoms with Crippen LogP contribution in [0.4, 0.5) is 0 Å². The number of allylic oxidation sites excluding steroid dienone is 3. The molecular weight excluding hydrogens is 963 g/mol. The Morgan fingerprint density at radius 3 is 0.734 bits per heavy atom. The van der Waals surface area contributed by atoms with E-state index in [-0.39, 0.29) is 12.5 Å². The van der Waals surface area contributed by atoms with Crippen LogP contribution in [0.1, 0.15) is 431 Å². The maximum Gasteiger partial charge on any atom is 0.220 e. The van der Waals surface area contributed by atoms with Gasteiger partial charge in [0.05, 0.1) is 18.8 Å². The van der Waals surface area contributed by atoms with E-state index in [0.29, 0.717) is 6.42 Å². The topological polar surface area (TPSA) is 69.6 Å². The highest BCUT2D eigenvalue weighted by Gasteiger charge is 2.18. The number of carbonyl (C=O) groups excluding carboxylic acids is 1. The van der Waals surface area contributed by atoms with Crippen LogP contribution in [0.15, 0.2) is 24.3 Å². The summed E-state index contributed by atoms with van der Waals surface area (Å²) in [6.07, 6.45) is 97.3. The van der Waals surface area contributed by atoms with Crippen molar-refractivity contribution in [2.45, 2.75) is 443 Å². The number of aliphatic hydroxyl groups is 2. The fourth-order valence-corrected chi connectivity index (χ4v) is 12.1. The number of carbonyl (C=O) groups is 1. The number of aliphatic hydroxyl groups excluding tert-OH is 2. The quantitative estimate of drug-likeness (QED) is 0.0420. The van der Waals surface area contributed by atoms with E-state index in [2.05, 4.69) is 31.3 Å². The number of rotatable bonds is 70. The minimum Gasteiger partial charge on any atom is -0.394 e. The number of hydrogen-bond acceptors (Lipinski definition) is 3. The number of hydrogen-bond donors (Lipinski definition) is 3. The summed E-state index contributed by atoms with van der Waals surface area (Å²) >= 11 is 0. The summed E-state index contributed by atoms with van der Waals surface area (Å²) in [4.78, 5) is 12.5. The van der Waals surface area contributed by atoms with Gasteiger partial charge in [0.15, 0.2) is 0 Å². The van der Waals surface area contributed by atoms with Crippen molar-refractivity contribution >= 4 is 5.91 Å². The average Bonchev–Trinajstić information content (AvgIpc) is 3.45. The Balaban J connectivity index is 3.41. The largest absolute Gasteiger partial charge is 0.394 e.